The normalized spacial score (nSPS) is 34.8. The zero-order valence-electron chi connectivity index (χ0n) is 5.29. The van der Waals surface area contributed by atoms with Crippen molar-refractivity contribution in [2.45, 2.75) is 27.9 Å². The van der Waals surface area contributed by atoms with Crippen LogP contribution in [0.15, 0.2) is 0 Å². The Morgan fingerprint density at radius 1 is 1.20 bits per heavy atom. The molecule has 1 aliphatic rings. The summed E-state index contributed by atoms with van der Waals surface area (Å²) < 4.78 is -1.08. The van der Waals surface area contributed by atoms with Gasteiger partial charge in [0.2, 0.25) is 0 Å². The van der Waals surface area contributed by atoms with Gasteiger partial charge >= 0.3 is 0 Å². The van der Waals surface area contributed by atoms with Crippen LogP contribution in [-0.4, -0.2) is 8.62 Å². The van der Waals surface area contributed by atoms with E-state index in [1.807, 2.05) is 0 Å². The van der Waals surface area contributed by atoms with Gasteiger partial charge in [0.15, 0.2) is 3.79 Å². The molecule has 0 aromatic carbocycles. The third-order valence-electron chi connectivity index (χ3n) is 1.85. The van der Waals surface area contributed by atoms with E-state index in [1.165, 1.54) is 0 Å². The largest absolute Gasteiger partial charge is 0.194 e. The van der Waals surface area contributed by atoms with Gasteiger partial charge in [-0.1, -0.05) is 57.2 Å². The molecule has 0 bridgehead atoms. The fraction of sp³-hybridized carbons (Fsp3) is 1.00. The third-order valence-corrected chi connectivity index (χ3v) is 3.79. The predicted octanol–water partition coefficient (Wildman–Crippen LogP) is 3.92. The van der Waals surface area contributed by atoms with Crippen LogP contribution in [0.5, 0.6) is 0 Å². The Balaban J connectivity index is 2.55. The lowest BCUT2D eigenvalue weighted by atomic mass is 10.1. The smallest absolute Gasteiger partial charge is 0.0886 e. The highest BCUT2D eigenvalue weighted by Gasteiger charge is 2.40. The number of rotatable bonds is 0. The van der Waals surface area contributed by atoms with E-state index >= 15 is 0 Å². The van der Waals surface area contributed by atoms with Gasteiger partial charge in [0.05, 0.1) is 0 Å². The van der Waals surface area contributed by atoms with Crippen molar-refractivity contribution in [3.63, 3.8) is 0 Å². The molecule has 0 aromatic heterocycles. The maximum atomic E-state index is 5.74. The van der Waals surface area contributed by atoms with E-state index in [4.69, 9.17) is 34.8 Å². The lowest BCUT2D eigenvalue weighted by Crippen LogP contribution is -2.22. The molecular weight excluding hydrogens is 258 g/mol. The van der Waals surface area contributed by atoms with E-state index in [0.29, 0.717) is 4.83 Å². The van der Waals surface area contributed by atoms with Crippen LogP contribution in [0.4, 0.5) is 0 Å². The summed E-state index contributed by atoms with van der Waals surface area (Å²) in [5, 5.41) is 0. The van der Waals surface area contributed by atoms with E-state index in [2.05, 4.69) is 15.9 Å². The first kappa shape index (κ1) is 9.44. The highest BCUT2D eigenvalue weighted by molar-refractivity contribution is 9.09. The van der Waals surface area contributed by atoms with Crippen LogP contribution < -0.4 is 0 Å². The Labute approximate surface area is 84.3 Å². The van der Waals surface area contributed by atoms with Gasteiger partial charge in [-0.05, 0) is 12.8 Å². The second kappa shape index (κ2) is 3.38. The van der Waals surface area contributed by atoms with Gasteiger partial charge in [0, 0.05) is 10.7 Å². The van der Waals surface area contributed by atoms with Gasteiger partial charge in [-0.3, -0.25) is 0 Å². The molecule has 0 aromatic rings. The first-order valence-electron chi connectivity index (χ1n) is 3.22. The maximum Gasteiger partial charge on any atom is 0.194 e. The number of hydrogen-bond donors (Lipinski definition) is 0. The average Bonchev–Trinajstić information content (AvgIpc) is 2.11. The molecule has 0 spiro atoms. The zero-order chi connectivity index (χ0) is 7.78. The van der Waals surface area contributed by atoms with Crippen LogP contribution in [0.25, 0.3) is 0 Å². The second-order valence-corrected chi connectivity index (χ2v) is 6.14. The Hall–Kier alpha value is 1.35. The molecule has 60 valence electrons. The number of hydrogen-bond acceptors (Lipinski definition) is 0. The molecule has 0 saturated heterocycles. The van der Waals surface area contributed by atoms with Gasteiger partial charge in [-0.15, -0.1) is 0 Å². The summed E-state index contributed by atoms with van der Waals surface area (Å²) in [6.45, 7) is 0. The number of halogens is 4. The minimum absolute atomic E-state index is 0.192. The molecule has 0 nitrogen and oxygen atoms in total. The van der Waals surface area contributed by atoms with Crippen molar-refractivity contribution >= 4 is 50.7 Å². The van der Waals surface area contributed by atoms with Gasteiger partial charge in [-0.2, -0.15) is 0 Å². The molecule has 0 radical (unpaired) electrons. The minimum atomic E-state index is -1.08. The first-order valence-corrected chi connectivity index (χ1v) is 5.27. The molecule has 0 amide bonds. The molecular formula is C6H8BrCl3. The predicted molar refractivity (Wildman–Crippen MR) is 50.3 cm³/mol. The molecule has 0 heterocycles. The molecule has 2 atom stereocenters. The van der Waals surface area contributed by atoms with Crippen molar-refractivity contribution in [2.75, 3.05) is 0 Å². The van der Waals surface area contributed by atoms with Gasteiger partial charge in [0.1, 0.15) is 0 Å². The fourth-order valence-electron chi connectivity index (χ4n) is 1.28. The summed E-state index contributed by atoms with van der Waals surface area (Å²) >= 11 is 20.7. The highest BCUT2D eigenvalue weighted by atomic mass is 79.9. The Morgan fingerprint density at radius 2 is 1.80 bits per heavy atom. The maximum absolute atomic E-state index is 5.74. The minimum Gasteiger partial charge on any atom is -0.0886 e. The SMILES string of the molecule is ClC(Cl)(Cl)C1CCCC1Br. The summed E-state index contributed by atoms with van der Waals surface area (Å²) in [5.41, 5.74) is 0. The first-order chi connectivity index (χ1) is 4.52. The highest BCUT2D eigenvalue weighted by Crippen LogP contribution is 2.46. The van der Waals surface area contributed by atoms with E-state index in [-0.39, 0.29) is 5.92 Å². The van der Waals surface area contributed by atoms with Crippen molar-refractivity contribution in [2.24, 2.45) is 5.92 Å². The molecule has 10 heavy (non-hydrogen) atoms. The van der Waals surface area contributed by atoms with E-state index in [1.54, 1.807) is 0 Å². The van der Waals surface area contributed by atoms with Crippen LogP contribution >= 0.6 is 50.7 Å². The van der Waals surface area contributed by atoms with Crippen molar-refractivity contribution in [3.8, 4) is 0 Å². The van der Waals surface area contributed by atoms with Crippen LogP contribution in [0.3, 0.4) is 0 Å². The van der Waals surface area contributed by atoms with Crippen LogP contribution in [0.1, 0.15) is 19.3 Å². The zero-order valence-corrected chi connectivity index (χ0v) is 9.14. The van der Waals surface area contributed by atoms with Crippen LogP contribution in [0, 0.1) is 5.92 Å². The van der Waals surface area contributed by atoms with Crippen molar-refractivity contribution < 1.29 is 0 Å². The molecule has 0 N–H and O–H groups in total. The summed E-state index contributed by atoms with van der Waals surface area (Å²) in [5.74, 6) is 0.192. The van der Waals surface area contributed by atoms with Crippen molar-refractivity contribution in [3.05, 3.63) is 0 Å². The molecule has 1 saturated carbocycles. The molecule has 4 heteroatoms. The third kappa shape index (κ3) is 2.17. The fourth-order valence-corrected chi connectivity index (χ4v) is 3.51. The molecule has 0 aliphatic heterocycles. The summed E-state index contributed by atoms with van der Waals surface area (Å²) in [6.07, 6.45) is 3.31. The van der Waals surface area contributed by atoms with Gasteiger partial charge in [-0.25, -0.2) is 0 Å². The summed E-state index contributed by atoms with van der Waals surface area (Å²) in [7, 11) is 0. The summed E-state index contributed by atoms with van der Waals surface area (Å²) in [4.78, 5) is 0.389. The molecule has 1 rings (SSSR count). The quantitative estimate of drug-likeness (QED) is 0.583. The van der Waals surface area contributed by atoms with E-state index in [9.17, 15) is 0 Å². The topological polar surface area (TPSA) is 0 Å². The number of alkyl halides is 4. The Bertz CT molecular complexity index is 121. The van der Waals surface area contributed by atoms with E-state index in [0.717, 1.165) is 19.3 Å². The Kier molecular flexibility index (Phi) is 3.19. The average molecular weight is 266 g/mol. The standard InChI is InChI=1S/C6H8BrCl3/c7-5-3-1-2-4(5)6(8,9)10/h4-5H,1-3H2. The summed E-state index contributed by atoms with van der Waals surface area (Å²) in [6, 6.07) is 0. The van der Waals surface area contributed by atoms with Crippen LogP contribution in [0.2, 0.25) is 0 Å². The lowest BCUT2D eigenvalue weighted by molar-refractivity contribution is 0.579. The van der Waals surface area contributed by atoms with E-state index < -0.39 is 3.79 Å². The van der Waals surface area contributed by atoms with Gasteiger partial charge < -0.3 is 0 Å². The second-order valence-electron chi connectivity index (χ2n) is 2.60. The van der Waals surface area contributed by atoms with Crippen molar-refractivity contribution in [1.29, 1.82) is 0 Å². The lowest BCUT2D eigenvalue weighted by Gasteiger charge is -2.21. The molecule has 2 unspecified atom stereocenters. The molecule has 1 fully saturated rings. The Morgan fingerprint density at radius 3 is 2.00 bits per heavy atom. The van der Waals surface area contributed by atoms with Crippen molar-refractivity contribution in [1.82, 2.24) is 0 Å². The van der Waals surface area contributed by atoms with Crippen LogP contribution in [-0.2, 0) is 0 Å². The van der Waals surface area contributed by atoms with Gasteiger partial charge in [0.25, 0.3) is 0 Å². The molecule has 1 aliphatic carbocycles. The monoisotopic (exact) mass is 264 g/mol.